The second-order valence-electron chi connectivity index (χ2n) is 5.31. The first kappa shape index (κ1) is 16.5. The maximum absolute atomic E-state index is 12.4. The largest absolute Gasteiger partial charge is 0.505 e. The molecule has 0 radical (unpaired) electrons. The Hall–Kier alpha value is -2.82. The first-order valence-electron chi connectivity index (χ1n) is 7.46. The SMILES string of the molecule is CCC(NC(=O)c1cccc(NC=O)c1O)c1ccc(C)cc1. The van der Waals surface area contributed by atoms with E-state index in [1.165, 1.54) is 12.1 Å². The number of aromatic hydroxyl groups is 1. The highest BCUT2D eigenvalue weighted by Crippen LogP contribution is 2.28. The molecule has 0 aliphatic rings. The molecule has 0 saturated heterocycles. The van der Waals surface area contributed by atoms with E-state index in [1.54, 1.807) is 6.07 Å². The summed E-state index contributed by atoms with van der Waals surface area (Å²) in [7, 11) is 0. The minimum absolute atomic E-state index is 0.127. The van der Waals surface area contributed by atoms with Crippen LogP contribution in [0.1, 0.15) is 40.9 Å². The van der Waals surface area contributed by atoms with Crippen LogP contribution in [0.2, 0.25) is 0 Å². The summed E-state index contributed by atoms with van der Waals surface area (Å²) < 4.78 is 0. The maximum Gasteiger partial charge on any atom is 0.255 e. The van der Waals surface area contributed by atoms with Gasteiger partial charge in [0.1, 0.15) is 0 Å². The summed E-state index contributed by atoms with van der Waals surface area (Å²) in [5.41, 5.74) is 2.49. The number of carbonyl (C=O) groups is 2. The van der Waals surface area contributed by atoms with Gasteiger partial charge < -0.3 is 15.7 Å². The van der Waals surface area contributed by atoms with Gasteiger partial charge in [0.05, 0.1) is 17.3 Å². The minimum Gasteiger partial charge on any atom is -0.505 e. The molecule has 2 aromatic rings. The third kappa shape index (κ3) is 3.88. The molecule has 0 bridgehead atoms. The molecule has 0 aliphatic heterocycles. The number of phenolic OH excluding ortho intramolecular Hbond substituents is 1. The number of aryl methyl sites for hydroxylation is 1. The van der Waals surface area contributed by atoms with Gasteiger partial charge in [0, 0.05) is 0 Å². The summed E-state index contributed by atoms with van der Waals surface area (Å²) in [6.07, 6.45) is 1.18. The molecule has 0 aliphatic carbocycles. The van der Waals surface area contributed by atoms with E-state index in [-0.39, 0.29) is 28.9 Å². The number of rotatable bonds is 6. The van der Waals surface area contributed by atoms with Crippen LogP contribution in [0, 0.1) is 6.92 Å². The van der Waals surface area contributed by atoms with Crippen LogP contribution in [0.25, 0.3) is 0 Å². The van der Waals surface area contributed by atoms with Gasteiger partial charge in [-0.3, -0.25) is 9.59 Å². The summed E-state index contributed by atoms with van der Waals surface area (Å²) >= 11 is 0. The molecule has 3 N–H and O–H groups in total. The number of benzene rings is 2. The van der Waals surface area contributed by atoms with Crippen molar-refractivity contribution in [3.05, 3.63) is 59.2 Å². The Kier molecular flexibility index (Phi) is 5.36. The third-order valence-electron chi connectivity index (χ3n) is 3.69. The Labute approximate surface area is 135 Å². The molecule has 0 fully saturated rings. The molecule has 5 heteroatoms. The Morgan fingerprint density at radius 2 is 1.91 bits per heavy atom. The molecule has 1 atom stereocenters. The molecule has 0 spiro atoms. The topological polar surface area (TPSA) is 78.4 Å². The van der Waals surface area contributed by atoms with Gasteiger partial charge in [-0.1, -0.05) is 42.8 Å². The lowest BCUT2D eigenvalue weighted by atomic mass is 10.0. The molecule has 0 saturated carbocycles. The highest BCUT2D eigenvalue weighted by molar-refractivity contribution is 5.99. The summed E-state index contributed by atoms with van der Waals surface area (Å²) in [4.78, 5) is 23.0. The van der Waals surface area contributed by atoms with E-state index in [4.69, 9.17) is 0 Å². The van der Waals surface area contributed by atoms with Crippen molar-refractivity contribution in [3.8, 4) is 5.75 Å². The van der Waals surface area contributed by atoms with E-state index < -0.39 is 0 Å². The molecule has 23 heavy (non-hydrogen) atoms. The van der Waals surface area contributed by atoms with Crippen molar-refractivity contribution in [1.82, 2.24) is 5.32 Å². The second kappa shape index (κ2) is 7.45. The summed E-state index contributed by atoms with van der Waals surface area (Å²) in [6.45, 7) is 3.99. The molecule has 2 amide bonds. The van der Waals surface area contributed by atoms with E-state index >= 15 is 0 Å². The molecule has 1 unspecified atom stereocenters. The van der Waals surface area contributed by atoms with Crippen LogP contribution >= 0.6 is 0 Å². The fourth-order valence-electron chi connectivity index (χ4n) is 2.36. The van der Waals surface area contributed by atoms with Gasteiger partial charge in [0.2, 0.25) is 6.41 Å². The number of hydrogen-bond donors (Lipinski definition) is 3. The number of amides is 2. The predicted octanol–water partition coefficient (Wildman–Crippen LogP) is 3.15. The quantitative estimate of drug-likeness (QED) is 0.566. The predicted molar refractivity (Wildman–Crippen MR) is 89.5 cm³/mol. The lowest BCUT2D eigenvalue weighted by Crippen LogP contribution is -2.28. The van der Waals surface area contributed by atoms with Gasteiger partial charge in [0.15, 0.2) is 5.75 Å². The van der Waals surface area contributed by atoms with Gasteiger partial charge >= 0.3 is 0 Å². The van der Waals surface area contributed by atoms with Gasteiger partial charge in [-0.05, 0) is 31.0 Å². The van der Waals surface area contributed by atoms with Crippen molar-refractivity contribution in [3.63, 3.8) is 0 Å². The average Bonchev–Trinajstić information content (AvgIpc) is 2.55. The Morgan fingerprint density at radius 3 is 2.52 bits per heavy atom. The number of carbonyl (C=O) groups excluding carboxylic acids is 2. The van der Waals surface area contributed by atoms with Gasteiger partial charge in [0.25, 0.3) is 5.91 Å². The zero-order valence-corrected chi connectivity index (χ0v) is 13.2. The van der Waals surface area contributed by atoms with Crippen molar-refractivity contribution in [2.24, 2.45) is 0 Å². The van der Waals surface area contributed by atoms with Gasteiger partial charge in [-0.2, -0.15) is 0 Å². The zero-order valence-electron chi connectivity index (χ0n) is 13.2. The van der Waals surface area contributed by atoms with Crippen LogP contribution in [0.3, 0.4) is 0 Å². The number of hydrogen-bond acceptors (Lipinski definition) is 3. The van der Waals surface area contributed by atoms with Crippen molar-refractivity contribution in [2.45, 2.75) is 26.3 Å². The number of anilines is 1. The van der Waals surface area contributed by atoms with E-state index in [0.29, 0.717) is 6.41 Å². The maximum atomic E-state index is 12.4. The first-order chi connectivity index (χ1) is 11.1. The fraction of sp³-hybridized carbons (Fsp3) is 0.222. The lowest BCUT2D eigenvalue weighted by molar-refractivity contribution is -0.105. The fourth-order valence-corrected chi connectivity index (χ4v) is 2.36. The van der Waals surface area contributed by atoms with Crippen molar-refractivity contribution < 1.29 is 14.7 Å². The second-order valence-corrected chi connectivity index (χ2v) is 5.31. The molecule has 0 aromatic heterocycles. The van der Waals surface area contributed by atoms with Crippen LogP contribution in [0.15, 0.2) is 42.5 Å². The highest BCUT2D eigenvalue weighted by atomic mass is 16.3. The van der Waals surface area contributed by atoms with Gasteiger partial charge in [-0.15, -0.1) is 0 Å². The molecule has 2 rings (SSSR count). The first-order valence-corrected chi connectivity index (χ1v) is 7.46. The average molecular weight is 312 g/mol. The van der Waals surface area contributed by atoms with E-state index in [9.17, 15) is 14.7 Å². The smallest absolute Gasteiger partial charge is 0.255 e. The van der Waals surface area contributed by atoms with Gasteiger partial charge in [-0.25, -0.2) is 0 Å². The van der Waals surface area contributed by atoms with E-state index in [0.717, 1.165) is 17.5 Å². The number of para-hydroxylation sites is 1. The van der Waals surface area contributed by atoms with E-state index in [1.807, 2.05) is 38.1 Å². The van der Waals surface area contributed by atoms with Crippen LogP contribution in [-0.2, 0) is 4.79 Å². The normalized spacial score (nSPS) is 11.6. The Balaban J connectivity index is 2.21. The zero-order chi connectivity index (χ0) is 16.8. The van der Waals surface area contributed by atoms with Crippen molar-refractivity contribution in [1.29, 1.82) is 0 Å². The van der Waals surface area contributed by atoms with E-state index in [2.05, 4.69) is 10.6 Å². The summed E-state index contributed by atoms with van der Waals surface area (Å²) in [6, 6.07) is 12.5. The number of nitrogens with one attached hydrogen (secondary N) is 2. The molecular weight excluding hydrogens is 292 g/mol. The van der Waals surface area contributed by atoms with Crippen molar-refractivity contribution in [2.75, 3.05) is 5.32 Å². The minimum atomic E-state index is -0.385. The standard InChI is InChI=1S/C18H20N2O3/c1-3-15(13-9-7-12(2)8-10-13)20-18(23)14-5-4-6-16(17(14)22)19-11-21/h4-11,15,22H,3H2,1-2H3,(H,19,21)(H,20,23). The van der Waals surface area contributed by atoms with Crippen LogP contribution in [-0.4, -0.2) is 17.4 Å². The molecular formula is C18H20N2O3. The molecule has 120 valence electrons. The summed E-state index contributed by atoms with van der Waals surface area (Å²) in [5.74, 6) is -0.625. The van der Waals surface area contributed by atoms with Crippen LogP contribution in [0.4, 0.5) is 5.69 Å². The van der Waals surface area contributed by atoms with Crippen LogP contribution < -0.4 is 10.6 Å². The Bertz CT molecular complexity index is 696. The van der Waals surface area contributed by atoms with Crippen molar-refractivity contribution >= 4 is 18.0 Å². The monoisotopic (exact) mass is 312 g/mol. The summed E-state index contributed by atoms with van der Waals surface area (Å²) in [5, 5.41) is 15.4. The number of phenols is 1. The molecule has 0 heterocycles. The molecule has 5 nitrogen and oxygen atoms in total. The molecule has 2 aromatic carbocycles. The third-order valence-corrected chi connectivity index (χ3v) is 3.69. The highest BCUT2D eigenvalue weighted by Gasteiger charge is 2.18. The lowest BCUT2D eigenvalue weighted by Gasteiger charge is -2.18. The van der Waals surface area contributed by atoms with Crippen LogP contribution in [0.5, 0.6) is 5.75 Å². The Morgan fingerprint density at radius 1 is 1.22 bits per heavy atom.